The second kappa shape index (κ2) is 7.52. The first-order chi connectivity index (χ1) is 12.5. The average Bonchev–Trinajstić information content (AvgIpc) is 3.03. The maximum Gasteiger partial charge on any atom is 0.289 e. The van der Waals surface area contributed by atoms with Gasteiger partial charge in [-0.15, -0.1) is 0 Å². The van der Waals surface area contributed by atoms with Crippen LogP contribution in [-0.2, 0) is 6.42 Å². The van der Waals surface area contributed by atoms with Crippen molar-refractivity contribution in [1.29, 1.82) is 0 Å². The van der Waals surface area contributed by atoms with E-state index in [9.17, 15) is 4.79 Å². The van der Waals surface area contributed by atoms with Gasteiger partial charge in [0.1, 0.15) is 0 Å². The Morgan fingerprint density at radius 1 is 1.23 bits per heavy atom. The number of amides is 1. The summed E-state index contributed by atoms with van der Waals surface area (Å²) >= 11 is 0. The molecule has 1 unspecified atom stereocenters. The van der Waals surface area contributed by atoms with Crippen LogP contribution in [0.25, 0.3) is 0 Å². The molecule has 1 N–H and O–H groups in total. The minimum atomic E-state index is -0.314. The van der Waals surface area contributed by atoms with Gasteiger partial charge in [0.05, 0.1) is 11.7 Å². The second-order valence-corrected chi connectivity index (χ2v) is 6.43. The summed E-state index contributed by atoms with van der Waals surface area (Å²) in [5.41, 5.74) is 4.80. The van der Waals surface area contributed by atoms with E-state index in [2.05, 4.69) is 33.5 Å². The van der Waals surface area contributed by atoms with Gasteiger partial charge in [0.25, 0.3) is 5.91 Å². The van der Waals surface area contributed by atoms with Gasteiger partial charge in [-0.25, -0.2) is 4.98 Å². The third kappa shape index (κ3) is 3.67. The molecule has 1 aromatic carbocycles. The van der Waals surface area contributed by atoms with Crippen molar-refractivity contribution < 1.29 is 9.21 Å². The number of nitrogens with zero attached hydrogens (tertiary/aromatic N) is 2. The average molecular weight is 349 g/mol. The molecule has 2 heterocycles. The first kappa shape index (κ1) is 17.9. The summed E-state index contributed by atoms with van der Waals surface area (Å²) in [7, 11) is 0. The maximum absolute atomic E-state index is 12.9. The van der Waals surface area contributed by atoms with Crippen molar-refractivity contribution in [1.82, 2.24) is 15.3 Å². The molecule has 0 spiro atoms. The monoisotopic (exact) mass is 349 g/mol. The van der Waals surface area contributed by atoms with E-state index in [0.29, 0.717) is 18.0 Å². The van der Waals surface area contributed by atoms with Gasteiger partial charge in [-0.1, -0.05) is 36.8 Å². The van der Waals surface area contributed by atoms with Crippen molar-refractivity contribution in [2.45, 2.75) is 40.2 Å². The molecule has 0 saturated carbocycles. The van der Waals surface area contributed by atoms with Gasteiger partial charge in [-0.2, -0.15) is 0 Å². The Kier molecular flexibility index (Phi) is 5.16. The van der Waals surface area contributed by atoms with Crippen LogP contribution in [0.5, 0.6) is 0 Å². The van der Waals surface area contributed by atoms with Gasteiger partial charge in [-0.05, 0) is 43.5 Å². The van der Waals surface area contributed by atoms with E-state index < -0.39 is 0 Å². The Morgan fingerprint density at radius 3 is 2.69 bits per heavy atom. The lowest BCUT2D eigenvalue weighted by Gasteiger charge is -2.21. The molecule has 5 heteroatoms. The number of oxazole rings is 1. The number of nitrogens with one attached hydrogen (secondary N) is 1. The van der Waals surface area contributed by atoms with Crippen LogP contribution in [0.4, 0.5) is 0 Å². The number of pyridine rings is 1. The second-order valence-electron chi connectivity index (χ2n) is 6.43. The van der Waals surface area contributed by atoms with Crippen LogP contribution in [0.2, 0.25) is 0 Å². The lowest BCUT2D eigenvalue weighted by molar-refractivity contribution is 0.0912. The van der Waals surface area contributed by atoms with Crippen LogP contribution in [0, 0.1) is 20.8 Å². The topological polar surface area (TPSA) is 68.0 Å². The van der Waals surface area contributed by atoms with Crippen LogP contribution in [0.1, 0.15) is 57.4 Å². The first-order valence-electron chi connectivity index (χ1n) is 8.73. The van der Waals surface area contributed by atoms with E-state index in [1.807, 2.05) is 32.9 Å². The van der Waals surface area contributed by atoms with Crippen molar-refractivity contribution >= 4 is 5.91 Å². The van der Waals surface area contributed by atoms with Crippen LogP contribution in [0.15, 0.2) is 47.1 Å². The Labute approximate surface area is 153 Å². The lowest BCUT2D eigenvalue weighted by Crippen LogP contribution is -2.30. The smallest absolute Gasteiger partial charge is 0.289 e. The molecule has 0 fully saturated rings. The Bertz CT molecular complexity index is 916. The highest BCUT2D eigenvalue weighted by Gasteiger charge is 2.23. The molecule has 1 atom stereocenters. The minimum absolute atomic E-state index is 0.265. The number of rotatable bonds is 5. The standard InChI is InChI=1S/C21H23N3O2/c1-5-18-23-15(4)20(26-18)21(25)24-19(16-7-6-10-22-12-16)17-11-13(2)8-9-14(17)3/h6-12,19H,5H2,1-4H3,(H,24,25). The van der Waals surface area contributed by atoms with Gasteiger partial charge in [0.2, 0.25) is 5.76 Å². The molecule has 0 aliphatic heterocycles. The zero-order chi connectivity index (χ0) is 18.7. The van der Waals surface area contributed by atoms with E-state index in [1.54, 1.807) is 19.3 Å². The summed E-state index contributed by atoms with van der Waals surface area (Å²) in [6, 6.07) is 9.74. The molecule has 0 saturated heterocycles. The molecule has 0 aliphatic carbocycles. The fourth-order valence-corrected chi connectivity index (χ4v) is 2.97. The highest BCUT2D eigenvalue weighted by atomic mass is 16.4. The predicted octanol–water partition coefficient (Wildman–Crippen LogP) is 4.08. The molecular weight excluding hydrogens is 326 g/mol. The molecule has 5 nitrogen and oxygen atoms in total. The van der Waals surface area contributed by atoms with E-state index in [0.717, 1.165) is 22.3 Å². The van der Waals surface area contributed by atoms with Crippen molar-refractivity contribution in [2.75, 3.05) is 0 Å². The fourth-order valence-electron chi connectivity index (χ4n) is 2.97. The zero-order valence-electron chi connectivity index (χ0n) is 15.5. The fraction of sp³-hybridized carbons (Fsp3) is 0.286. The molecule has 0 radical (unpaired) electrons. The summed E-state index contributed by atoms with van der Waals surface area (Å²) in [6.07, 6.45) is 4.15. The number of carbonyl (C=O) groups is 1. The molecular formula is C21H23N3O2. The van der Waals surface area contributed by atoms with Crippen LogP contribution < -0.4 is 5.32 Å². The van der Waals surface area contributed by atoms with Gasteiger partial charge in [0, 0.05) is 18.8 Å². The van der Waals surface area contributed by atoms with Crippen LogP contribution >= 0.6 is 0 Å². The van der Waals surface area contributed by atoms with E-state index in [4.69, 9.17) is 4.42 Å². The van der Waals surface area contributed by atoms with Crippen molar-refractivity contribution in [3.63, 3.8) is 0 Å². The van der Waals surface area contributed by atoms with Gasteiger partial charge in [-0.3, -0.25) is 9.78 Å². The largest absolute Gasteiger partial charge is 0.435 e. The number of aryl methyl sites for hydroxylation is 4. The van der Waals surface area contributed by atoms with Crippen molar-refractivity contribution in [2.24, 2.45) is 0 Å². The Morgan fingerprint density at radius 2 is 2.04 bits per heavy atom. The third-order valence-corrected chi connectivity index (χ3v) is 4.39. The van der Waals surface area contributed by atoms with E-state index >= 15 is 0 Å². The normalized spacial score (nSPS) is 12.0. The molecule has 1 amide bonds. The number of aromatic nitrogens is 2. The van der Waals surface area contributed by atoms with Crippen LogP contribution in [0.3, 0.4) is 0 Å². The SMILES string of the molecule is CCc1nc(C)c(C(=O)NC(c2cccnc2)c2cc(C)ccc2C)o1. The molecule has 3 rings (SSSR count). The first-order valence-corrected chi connectivity index (χ1v) is 8.73. The molecule has 0 aliphatic rings. The van der Waals surface area contributed by atoms with Gasteiger partial charge in [0.15, 0.2) is 5.89 Å². The quantitative estimate of drug-likeness (QED) is 0.754. The summed E-state index contributed by atoms with van der Waals surface area (Å²) in [5.74, 6) is 0.558. The van der Waals surface area contributed by atoms with E-state index in [1.165, 1.54) is 0 Å². The lowest BCUT2D eigenvalue weighted by atomic mass is 9.94. The predicted molar refractivity (Wildman–Crippen MR) is 100 cm³/mol. The number of hydrogen-bond donors (Lipinski definition) is 1. The molecule has 0 bridgehead atoms. The van der Waals surface area contributed by atoms with Crippen molar-refractivity contribution in [3.05, 3.63) is 82.3 Å². The third-order valence-electron chi connectivity index (χ3n) is 4.39. The van der Waals surface area contributed by atoms with Gasteiger partial charge >= 0.3 is 0 Å². The number of benzene rings is 1. The van der Waals surface area contributed by atoms with Crippen molar-refractivity contribution in [3.8, 4) is 0 Å². The summed E-state index contributed by atoms with van der Waals surface area (Å²) < 4.78 is 5.61. The Hall–Kier alpha value is -2.95. The van der Waals surface area contributed by atoms with Crippen LogP contribution in [-0.4, -0.2) is 15.9 Å². The number of carbonyl (C=O) groups excluding carboxylic acids is 1. The maximum atomic E-state index is 12.9. The zero-order valence-corrected chi connectivity index (χ0v) is 15.5. The molecule has 26 heavy (non-hydrogen) atoms. The summed E-state index contributed by atoms with van der Waals surface area (Å²) in [6.45, 7) is 7.81. The molecule has 134 valence electrons. The van der Waals surface area contributed by atoms with E-state index in [-0.39, 0.29) is 17.7 Å². The Balaban J connectivity index is 2.00. The summed E-state index contributed by atoms with van der Waals surface area (Å²) in [4.78, 5) is 21.4. The molecule has 3 aromatic rings. The summed E-state index contributed by atoms with van der Waals surface area (Å²) in [5, 5.41) is 3.10. The minimum Gasteiger partial charge on any atom is -0.435 e. The highest BCUT2D eigenvalue weighted by Crippen LogP contribution is 2.26. The number of hydrogen-bond acceptors (Lipinski definition) is 4. The molecule has 2 aromatic heterocycles. The van der Waals surface area contributed by atoms with Gasteiger partial charge < -0.3 is 9.73 Å². The highest BCUT2D eigenvalue weighted by molar-refractivity contribution is 5.93.